The largest absolute Gasteiger partial charge is 0.458 e. The van der Waals surface area contributed by atoms with E-state index in [2.05, 4.69) is 19.1 Å². The van der Waals surface area contributed by atoms with Crippen LogP contribution >= 0.6 is 0 Å². The summed E-state index contributed by atoms with van der Waals surface area (Å²) in [7, 11) is 0. The van der Waals surface area contributed by atoms with E-state index in [4.69, 9.17) is 4.74 Å². The number of hydrogen-bond donors (Lipinski definition) is 1. The Kier molecular flexibility index (Phi) is 15.1. The first-order chi connectivity index (χ1) is 14.1. The molecule has 0 fully saturated rings. The first-order valence-electron chi connectivity index (χ1n) is 11.7. The van der Waals surface area contributed by atoms with Gasteiger partial charge in [0.15, 0.2) is 0 Å². The predicted molar refractivity (Wildman–Crippen MR) is 122 cm³/mol. The number of esters is 1. The van der Waals surface area contributed by atoms with Crippen LogP contribution in [0.4, 0.5) is 0 Å². The van der Waals surface area contributed by atoms with Gasteiger partial charge in [0.25, 0.3) is 0 Å². The van der Waals surface area contributed by atoms with Gasteiger partial charge in [-0.1, -0.05) is 94.4 Å². The average molecular weight is 403 g/mol. The fourth-order valence-electron chi connectivity index (χ4n) is 3.41. The summed E-state index contributed by atoms with van der Waals surface area (Å²) in [5, 5.41) is 9.92. The number of hydrogen-bond acceptors (Lipinski definition) is 3. The maximum absolute atomic E-state index is 11.9. The molecule has 29 heavy (non-hydrogen) atoms. The quantitative estimate of drug-likeness (QED) is 0.169. The molecule has 1 rings (SSSR count). The van der Waals surface area contributed by atoms with Crippen LogP contribution in [0.15, 0.2) is 42.5 Å². The van der Waals surface area contributed by atoms with E-state index in [9.17, 15) is 9.90 Å². The van der Waals surface area contributed by atoms with E-state index in [-0.39, 0.29) is 18.2 Å². The summed E-state index contributed by atoms with van der Waals surface area (Å²) in [5.41, 5.74) is 1.04. The molecule has 2 atom stereocenters. The number of ether oxygens (including phenoxy) is 1. The van der Waals surface area contributed by atoms with Crippen LogP contribution in [0.5, 0.6) is 0 Å². The van der Waals surface area contributed by atoms with Gasteiger partial charge < -0.3 is 9.84 Å². The molecule has 0 aliphatic rings. The zero-order chi connectivity index (χ0) is 21.2. The van der Waals surface area contributed by atoms with Gasteiger partial charge in [-0.05, 0) is 44.6 Å². The molecular weight excluding hydrogens is 360 g/mol. The number of carbonyl (C=O) groups is 1. The maximum Gasteiger partial charge on any atom is 0.306 e. The molecule has 1 unspecified atom stereocenters. The summed E-state index contributed by atoms with van der Waals surface area (Å²) >= 11 is 0. The van der Waals surface area contributed by atoms with Crippen molar-refractivity contribution in [1.82, 2.24) is 0 Å². The lowest BCUT2D eigenvalue weighted by molar-refractivity contribution is -0.148. The minimum atomic E-state index is -0.176. The third-order valence-electron chi connectivity index (χ3n) is 5.29. The molecule has 1 aromatic rings. The molecule has 0 radical (unpaired) electrons. The van der Waals surface area contributed by atoms with Gasteiger partial charge in [-0.3, -0.25) is 4.79 Å². The van der Waals surface area contributed by atoms with Crippen molar-refractivity contribution in [2.75, 3.05) is 0 Å². The summed E-state index contributed by atoms with van der Waals surface area (Å²) in [4.78, 5) is 11.9. The van der Waals surface area contributed by atoms with Crippen LogP contribution in [0.1, 0.15) is 109 Å². The fraction of sp³-hybridized carbons (Fsp3) is 0.654. The highest BCUT2D eigenvalue weighted by Crippen LogP contribution is 2.17. The third-order valence-corrected chi connectivity index (χ3v) is 5.29. The van der Waals surface area contributed by atoms with E-state index >= 15 is 0 Å². The molecule has 3 nitrogen and oxygen atoms in total. The molecule has 0 amide bonds. The predicted octanol–water partition coefficient (Wildman–Crippen LogP) is 7.30. The van der Waals surface area contributed by atoms with Crippen molar-refractivity contribution in [2.45, 2.75) is 110 Å². The highest BCUT2D eigenvalue weighted by molar-refractivity contribution is 5.69. The van der Waals surface area contributed by atoms with Crippen LogP contribution in [0.3, 0.4) is 0 Å². The SMILES string of the molecule is CCCCCC[C@@H](O)C/C=C\CCCCCCCC(=O)OC(C)c1ccccc1. The molecule has 0 spiro atoms. The van der Waals surface area contributed by atoms with E-state index in [1.165, 1.54) is 32.1 Å². The van der Waals surface area contributed by atoms with Crippen LogP contribution < -0.4 is 0 Å². The van der Waals surface area contributed by atoms with Crippen LogP contribution in [0, 0.1) is 0 Å². The van der Waals surface area contributed by atoms with Gasteiger partial charge >= 0.3 is 5.97 Å². The van der Waals surface area contributed by atoms with Crippen LogP contribution in [0.25, 0.3) is 0 Å². The minimum Gasteiger partial charge on any atom is -0.458 e. The van der Waals surface area contributed by atoms with Crippen molar-refractivity contribution in [2.24, 2.45) is 0 Å². The van der Waals surface area contributed by atoms with E-state index in [1.54, 1.807) is 0 Å². The molecule has 0 saturated carbocycles. The molecule has 0 aromatic heterocycles. The van der Waals surface area contributed by atoms with Crippen molar-refractivity contribution >= 4 is 5.97 Å². The summed E-state index contributed by atoms with van der Waals surface area (Å²) in [6.45, 7) is 4.13. The molecule has 3 heteroatoms. The Morgan fingerprint density at radius 2 is 1.66 bits per heavy atom. The molecule has 0 saturated heterocycles. The Morgan fingerprint density at radius 3 is 2.41 bits per heavy atom. The van der Waals surface area contributed by atoms with Gasteiger partial charge in [-0.15, -0.1) is 0 Å². The van der Waals surface area contributed by atoms with Crippen molar-refractivity contribution in [3.63, 3.8) is 0 Å². The molecule has 164 valence electrons. The molecule has 0 bridgehead atoms. The molecule has 0 aliphatic carbocycles. The molecular formula is C26H42O3. The first-order valence-corrected chi connectivity index (χ1v) is 11.7. The first kappa shape index (κ1) is 25.4. The average Bonchev–Trinajstić information content (AvgIpc) is 2.73. The monoisotopic (exact) mass is 402 g/mol. The lowest BCUT2D eigenvalue weighted by atomic mass is 10.1. The summed E-state index contributed by atoms with van der Waals surface area (Å²) in [6, 6.07) is 9.87. The standard InChI is InChI=1S/C26H42O3/c1-3-4-5-15-20-25(27)21-16-10-8-6-7-9-11-17-22-26(28)29-23(2)24-18-13-12-14-19-24/h10,12-14,16,18-19,23,25,27H,3-9,11,15,17,20-22H2,1-2H3/b16-10-/t23?,25-/m1/s1. The van der Waals surface area contributed by atoms with Gasteiger partial charge in [0.1, 0.15) is 6.10 Å². The van der Waals surface area contributed by atoms with Crippen molar-refractivity contribution in [1.29, 1.82) is 0 Å². The molecule has 0 heterocycles. The minimum absolute atomic E-state index is 0.0995. The Balaban J connectivity index is 1.93. The number of aliphatic hydroxyl groups is 1. The van der Waals surface area contributed by atoms with Gasteiger partial charge in [-0.25, -0.2) is 0 Å². The second kappa shape index (κ2) is 17.3. The highest BCUT2D eigenvalue weighted by atomic mass is 16.5. The van der Waals surface area contributed by atoms with Gasteiger partial charge in [0, 0.05) is 6.42 Å². The Bertz CT molecular complexity index is 538. The number of unbranched alkanes of at least 4 members (excludes halogenated alkanes) is 8. The Morgan fingerprint density at radius 1 is 0.966 bits per heavy atom. The number of benzene rings is 1. The van der Waals surface area contributed by atoms with Crippen LogP contribution in [-0.2, 0) is 9.53 Å². The number of rotatable bonds is 17. The van der Waals surface area contributed by atoms with E-state index < -0.39 is 0 Å². The Hall–Kier alpha value is -1.61. The topological polar surface area (TPSA) is 46.5 Å². The maximum atomic E-state index is 11.9. The van der Waals surface area contributed by atoms with E-state index in [0.717, 1.165) is 50.5 Å². The molecule has 1 N–H and O–H groups in total. The van der Waals surface area contributed by atoms with Crippen molar-refractivity contribution in [3.8, 4) is 0 Å². The van der Waals surface area contributed by atoms with E-state index in [1.807, 2.05) is 37.3 Å². The Labute approximate surface area is 178 Å². The van der Waals surface area contributed by atoms with Gasteiger partial charge in [0.05, 0.1) is 6.10 Å². The normalized spacial score (nSPS) is 13.5. The number of allylic oxidation sites excluding steroid dienone is 1. The number of aliphatic hydroxyl groups excluding tert-OH is 1. The summed E-state index contributed by atoms with van der Waals surface area (Å²) < 4.78 is 5.50. The van der Waals surface area contributed by atoms with Gasteiger partial charge in [-0.2, -0.15) is 0 Å². The smallest absolute Gasteiger partial charge is 0.306 e. The lowest BCUT2D eigenvalue weighted by Crippen LogP contribution is -2.08. The van der Waals surface area contributed by atoms with Gasteiger partial charge in [0.2, 0.25) is 0 Å². The molecule has 0 aliphatic heterocycles. The zero-order valence-corrected chi connectivity index (χ0v) is 18.7. The summed E-state index contributed by atoms with van der Waals surface area (Å²) in [5.74, 6) is -0.0995. The number of carbonyl (C=O) groups excluding carboxylic acids is 1. The van der Waals surface area contributed by atoms with E-state index in [0.29, 0.717) is 6.42 Å². The van der Waals surface area contributed by atoms with Crippen LogP contribution in [0.2, 0.25) is 0 Å². The fourth-order valence-corrected chi connectivity index (χ4v) is 3.41. The van der Waals surface area contributed by atoms with Crippen molar-refractivity contribution in [3.05, 3.63) is 48.0 Å². The van der Waals surface area contributed by atoms with Crippen LogP contribution in [-0.4, -0.2) is 17.2 Å². The highest BCUT2D eigenvalue weighted by Gasteiger charge is 2.10. The zero-order valence-electron chi connectivity index (χ0n) is 18.7. The third kappa shape index (κ3) is 14.1. The lowest BCUT2D eigenvalue weighted by Gasteiger charge is -2.13. The second-order valence-electron chi connectivity index (χ2n) is 8.06. The van der Waals surface area contributed by atoms with Crippen molar-refractivity contribution < 1.29 is 14.6 Å². The summed E-state index contributed by atoms with van der Waals surface area (Å²) in [6.07, 6.45) is 17.7. The second-order valence-corrected chi connectivity index (χ2v) is 8.06. The molecule has 1 aromatic carbocycles.